The summed E-state index contributed by atoms with van der Waals surface area (Å²) in [6.45, 7) is 12.8. The molecule has 8 nitrogen and oxygen atoms in total. The molecule has 0 aromatic heterocycles. The van der Waals surface area contributed by atoms with Crippen molar-refractivity contribution < 1.29 is 29.0 Å². The second-order valence-corrected chi connectivity index (χ2v) is 12.1. The number of aliphatic hydroxyl groups excluding tert-OH is 1. The lowest BCUT2D eigenvalue weighted by atomic mass is 9.77. The fourth-order valence-electron chi connectivity index (χ4n) is 6.79. The Labute approximate surface area is 208 Å². The first-order valence-electron chi connectivity index (χ1n) is 12.8. The molecule has 0 bridgehead atoms. The Balaban J connectivity index is 1.84. The topological polar surface area (TPSA) is 96.4 Å². The minimum Gasteiger partial charge on any atom is -0.465 e. The van der Waals surface area contributed by atoms with Crippen molar-refractivity contribution in [2.24, 2.45) is 17.3 Å². The molecule has 0 aromatic carbocycles. The van der Waals surface area contributed by atoms with Crippen LogP contribution in [-0.4, -0.2) is 81.8 Å². The average Bonchev–Trinajstić information content (AvgIpc) is 3.11. The van der Waals surface area contributed by atoms with Crippen LogP contribution in [0.2, 0.25) is 0 Å². The van der Waals surface area contributed by atoms with Crippen LogP contribution in [0.3, 0.4) is 0 Å². The molecule has 4 rings (SSSR count). The van der Waals surface area contributed by atoms with Crippen LogP contribution in [0.25, 0.3) is 0 Å². The molecule has 1 N–H and O–H groups in total. The van der Waals surface area contributed by atoms with Crippen LogP contribution in [0.1, 0.15) is 60.8 Å². The molecule has 8 heteroatoms. The van der Waals surface area contributed by atoms with Gasteiger partial charge in [-0.05, 0) is 38.5 Å². The van der Waals surface area contributed by atoms with Gasteiger partial charge in [-0.2, -0.15) is 0 Å². The van der Waals surface area contributed by atoms with E-state index in [1.807, 2.05) is 50.0 Å². The summed E-state index contributed by atoms with van der Waals surface area (Å²) in [6.07, 6.45) is 8.63. The normalized spacial score (nSPS) is 34.1. The number of carbonyl (C=O) groups excluding carboxylic acids is 3. The third kappa shape index (κ3) is 4.22. The zero-order valence-corrected chi connectivity index (χ0v) is 21.8. The zero-order valence-electron chi connectivity index (χ0n) is 21.8. The lowest BCUT2D eigenvalue weighted by molar-refractivity contribution is -0.158. The molecule has 0 radical (unpaired) electrons. The summed E-state index contributed by atoms with van der Waals surface area (Å²) in [4.78, 5) is 44.9. The van der Waals surface area contributed by atoms with Gasteiger partial charge in [0, 0.05) is 12.1 Å². The molecule has 4 aliphatic rings. The Morgan fingerprint density at radius 2 is 1.86 bits per heavy atom. The number of likely N-dealkylation sites (tertiary alicyclic amines) is 1. The fourth-order valence-corrected chi connectivity index (χ4v) is 6.79. The van der Waals surface area contributed by atoms with E-state index in [-0.39, 0.29) is 30.4 Å². The Morgan fingerprint density at radius 3 is 2.49 bits per heavy atom. The Morgan fingerprint density at radius 1 is 1.14 bits per heavy atom. The van der Waals surface area contributed by atoms with Gasteiger partial charge in [0.15, 0.2) is 0 Å². The van der Waals surface area contributed by atoms with Gasteiger partial charge in [0.1, 0.15) is 17.6 Å². The zero-order chi connectivity index (χ0) is 25.8. The van der Waals surface area contributed by atoms with Crippen molar-refractivity contribution in [1.29, 1.82) is 0 Å². The summed E-state index contributed by atoms with van der Waals surface area (Å²) in [6, 6.07) is -1.52. The number of rotatable bonds is 5. The van der Waals surface area contributed by atoms with E-state index in [1.165, 1.54) is 4.90 Å². The third-order valence-electron chi connectivity index (χ3n) is 7.83. The summed E-state index contributed by atoms with van der Waals surface area (Å²) in [5.41, 5.74) is -1.81. The second kappa shape index (κ2) is 9.04. The van der Waals surface area contributed by atoms with Gasteiger partial charge in [0.25, 0.3) is 0 Å². The molecular formula is C27H40N2O6. The Hall–Kier alpha value is -2.19. The molecule has 4 heterocycles. The molecule has 0 saturated carbocycles. The molecule has 1 unspecified atom stereocenters. The van der Waals surface area contributed by atoms with Crippen LogP contribution >= 0.6 is 0 Å². The number of esters is 1. The molecule has 0 aliphatic carbocycles. The van der Waals surface area contributed by atoms with E-state index in [4.69, 9.17) is 9.47 Å². The van der Waals surface area contributed by atoms with Crippen LogP contribution in [0.4, 0.5) is 0 Å². The molecule has 35 heavy (non-hydrogen) atoms. The molecule has 1 spiro atoms. The number of fused-ring (bicyclic) bond motifs is 2. The molecule has 2 saturated heterocycles. The number of ether oxygens (including phenoxy) is 2. The van der Waals surface area contributed by atoms with Crippen molar-refractivity contribution >= 4 is 17.8 Å². The summed E-state index contributed by atoms with van der Waals surface area (Å²) in [7, 11) is 0. The van der Waals surface area contributed by atoms with Crippen LogP contribution in [-0.2, 0) is 23.9 Å². The minimum absolute atomic E-state index is 0.0217. The largest absolute Gasteiger partial charge is 0.465 e. The van der Waals surface area contributed by atoms with E-state index in [9.17, 15) is 19.5 Å². The van der Waals surface area contributed by atoms with Crippen LogP contribution < -0.4 is 0 Å². The second-order valence-electron chi connectivity index (χ2n) is 12.1. The average molecular weight is 489 g/mol. The minimum atomic E-state index is -1.30. The molecular weight excluding hydrogens is 448 g/mol. The Kier molecular flexibility index (Phi) is 6.68. The van der Waals surface area contributed by atoms with E-state index in [0.717, 1.165) is 6.42 Å². The fraction of sp³-hybridized carbons (Fsp3) is 0.741. The van der Waals surface area contributed by atoms with E-state index in [1.54, 1.807) is 0 Å². The van der Waals surface area contributed by atoms with Gasteiger partial charge in [-0.1, -0.05) is 52.0 Å². The van der Waals surface area contributed by atoms with Crippen molar-refractivity contribution in [3.8, 4) is 0 Å². The molecule has 194 valence electrons. The summed E-state index contributed by atoms with van der Waals surface area (Å²) < 4.78 is 12.0. The van der Waals surface area contributed by atoms with Gasteiger partial charge in [-0.3, -0.25) is 14.4 Å². The Bertz CT molecular complexity index is 930. The first-order chi connectivity index (χ1) is 16.4. The highest BCUT2D eigenvalue weighted by Crippen LogP contribution is 2.54. The van der Waals surface area contributed by atoms with Crippen LogP contribution in [0, 0.1) is 17.3 Å². The van der Waals surface area contributed by atoms with Crippen molar-refractivity contribution in [1.82, 2.24) is 9.80 Å². The number of carbonyl (C=O) groups is 3. The summed E-state index contributed by atoms with van der Waals surface area (Å²) in [5.74, 6) is -2.74. The smallest absolute Gasteiger partial charge is 0.312 e. The monoisotopic (exact) mass is 488 g/mol. The molecule has 6 atom stereocenters. The third-order valence-corrected chi connectivity index (χ3v) is 7.83. The maximum atomic E-state index is 14.4. The highest BCUT2D eigenvalue weighted by molar-refractivity contribution is 5.99. The lowest BCUT2D eigenvalue weighted by Gasteiger charge is -2.45. The maximum absolute atomic E-state index is 14.4. The summed E-state index contributed by atoms with van der Waals surface area (Å²) in [5, 5.41) is 10.2. The molecule has 2 amide bonds. The predicted octanol–water partition coefficient (Wildman–Crippen LogP) is 2.45. The van der Waals surface area contributed by atoms with Crippen LogP contribution in [0.5, 0.6) is 0 Å². The predicted molar refractivity (Wildman–Crippen MR) is 130 cm³/mol. The number of hydrogen-bond donors (Lipinski definition) is 1. The van der Waals surface area contributed by atoms with Gasteiger partial charge >= 0.3 is 5.97 Å². The van der Waals surface area contributed by atoms with E-state index < -0.39 is 47.1 Å². The van der Waals surface area contributed by atoms with Gasteiger partial charge in [-0.15, -0.1) is 0 Å². The number of hydrogen-bond acceptors (Lipinski definition) is 6. The number of nitrogens with zero attached hydrogens (tertiary/aromatic N) is 2. The standard InChI is InChI=1S/C27H40N2O6/c1-7-17(15-30)29-21-23(32)28(26(5,6)16-25(2,3)4)13-10-12-27(21)20(22(29)31)19-18(35-27)11-8-9-14-34-24(19)33/h8,10-12,17-21,30H,7,9,13-16H2,1-6H3/t17-,18+,19-,20-,21?,27-/m0/s1. The first-order valence-corrected chi connectivity index (χ1v) is 12.8. The number of cyclic esters (lactones) is 1. The molecule has 4 aliphatic heterocycles. The molecule has 2 fully saturated rings. The molecule has 0 aromatic rings. The summed E-state index contributed by atoms with van der Waals surface area (Å²) >= 11 is 0. The highest BCUT2D eigenvalue weighted by atomic mass is 16.6. The van der Waals surface area contributed by atoms with Crippen molar-refractivity contribution in [3.05, 3.63) is 24.3 Å². The number of aliphatic hydroxyl groups is 1. The van der Waals surface area contributed by atoms with Crippen molar-refractivity contribution in [3.63, 3.8) is 0 Å². The van der Waals surface area contributed by atoms with E-state index in [2.05, 4.69) is 20.8 Å². The van der Waals surface area contributed by atoms with Crippen molar-refractivity contribution in [2.75, 3.05) is 19.8 Å². The van der Waals surface area contributed by atoms with Gasteiger partial charge in [0.05, 0.1) is 31.3 Å². The lowest BCUT2D eigenvalue weighted by Crippen LogP contribution is -2.61. The SMILES string of the molecule is CC[C@@H](CO)N1C(=O)[C@@H]2[C@H]3C(=O)OCCC=C[C@H]3O[C@@]23C=CCN(C(C)(C)CC(C)(C)C)C(=O)C13. The van der Waals surface area contributed by atoms with Crippen LogP contribution in [0.15, 0.2) is 24.3 Å². The van der Waals surface area contributed by atoms with Gasteiger partial charge < -0.3 is 24.4 Å². The van der Waals surface area contributed by atoms with Crippen molar-refractivity contribution in [2.45, 2.75) is 90.1 Å². The first kappa shape index (κ1) is 25.9. The number of amides is 2. The van der Waals surface area contributed by atoms with Gasteiger partial charge in [0.2, 0.25) is 11.8 Å². The highest BCUT2D eigenvalue weighted by Gasteiger charge is 2.72. The van der Waals surface area contributed by atoms with E-state index >= 15 is 0 Å². The maximum Gasteiger partial charge on any atom is 0.312 e. The van der Waals surface area contributed by atoms with Gasteiger partial charge in [-0.25, -0.2) is 0 Å². The van der Waals surface area contributed by atoms with E-state index in [0.29, 0.717) is 19.4 Å². The quantitative estimate of drug-likeness (QED) is 0.472.